The van der Waals surface area contributed by atoms with Gasteiger partial charge >= 0.3 is 5.97 Å². The number of carboxylic acid groups (broad SMARTS) is 1. The van der Waals surface area contributed by atoms with Crippen molar-refractivity contribution in [3.05, 3.63) is 0 Å². The standard InChI is InChI=1S/C11H16O3/c1-11(2)5-6-3-4-7(11)8(9(6)12)10(13)14/h6-8H,3-5H2,1-2H3,(H,13,14). The Balaban J connectivity index is 2.35. The largest absolute Gasteiger partial charge is 0.481 e. The van der Waals surface area contributed by atoms with E-state index in [2.05, 4.69) is 13.8 Å². The van der Waals surface area contributed by atoms with Crippen LogP contribution in [-0.4, -0.2) is 16.9 Å². The maximum atomic E-state index is 11.7. The van der Waals surface area contributed by atoms with Gasteiger partial charge in [0, 0.05) is 5.92 Å². The molecular formula is C11H16O3. The van der Waals surface area contributed by atoms with Crippen LogP contribution in [0, 0.1) is 23.2 Å². The summed E-state index contributed by atoms with van der Waals surface area (Å²) in [6.07, 6.45) is 2.68. The third-order valence-electron chi connectivity index (χ3n) is 3.98. The summed E-state index contributed by atoms with van der Waals surface area (Å²) in [5.74, 6) is -1.60. The topological polar surface area (TPSA) is 54.4 Å². The first-order chi connectivity index (χ1) is 6.43. The van der Waals surface area contributed by atoms with Crippen molar-refractivity contribution in [1.82, 2.24) is 0 Å². The van der Waals surface area contributed by atoms with Crippen LogP contribution in [0.5, 0.6) is 0 Å². The van der Waals surface area contributed by atoms with E-state index < -0.39 is 11.9 Å². The fourth-order valence-corrected chi connectivity index (χ4v) is 3.27. The first kappa shape index (κ1) is 9.69. The lowest BCUT2D eigenvalue weighted by molar-refractivity contribution is -0.162. The predicted molar refractivity (Wildman–Crippen MR) is 50.7 cm³/mol. The highest BCUT2D eigenvalue weighted by Crippen LogP contribution is 2.53. The summed E-state index contributed by atoms with van der Waals surface area (Å²) in [4.78, 5) is 22.8. The summed E-state index contributed by atoms with van der Waals surface area (Å²) < 4.78 is 0. The maximum absolute atomic E-state index is 11.7. The van der Waals surface area contributed by atoms with E-state index >= 15 is 0 Å². The molecule has 0 saturated heterocycles. The van der Waals surface area contributed by atoms with Crippen molar-refractivity contribution >= 4 is 11.8 Å². The molecule has 0 aliphatic heterocycles. The number of fused-ring (bicyclic) bond motifs is 3. The Labute approximate surface area is 83.5 Å². The molecule has 3 atom stereocenters. The van der Waals surface area contributed by atoms with Gasteiger partial charge in [-0.1, -0.05) is 13.8 Å². The summed E-state index contributed by atoms with van der Waals surface area (Å²) in [7, 11) is 0. The second-order valence-electron chi connectivity index (χ2n) is 5.29. The number of ketones is 1. The quantitative estimate of drug-likeness (QED) is 0.649. The smallest absolute Gasteiger partial charge is 0.314 e. The number of carbonyl (C=O) groups excluding carboxylic acids is 1. The summed E-state index contributed by atoms with van der Waals surface area (Å²) >= 11 is 0. The van der Waals surface area contributed by atoms with Gasteiger partial charge in [0.2, 0.25) is 0 Å². The van der Waals surface area contributed by atoms with E-state index in [-0.39, 0.29) is 23.0 Å². The molecule has 0 aromatic rings. The Kier molecular flexibility index (Phi) is 1.95. The molecule has 3 nitrogen and oxygen atoms in total. The van der Waals surface area contributed by atoms with Crippen molar-refractivity contribution in [3.8, 4) is 0 Å². The van der Waals surface area contributed by atoms with Gasteiger partial charge in [-0.2, -0.15) is 0 Å². The molecule has 3 heteroatoms. The number of carboxylic acids is 1. The van der Waals surface area contributed by atoms with Crippen LogP contribution in [0.25, 0.3) is 0 Å². The Morgan fingerprint density at radius 2 is 2.07 bits per heavy atom. The van der Waals surface area contributed by atoms with Gasteiger partial charge in [0.25, 0.3) is 0 Å². The van der Waals surface area contributed by atoms with Crippen LogP contribution in [-0.2, 0) is 9.59 Å². The van der Waals surface area contributed by atoms with Crippen LogP contribution in [0.15, 0.2) is 0 Å². The van der Waals surface area contributed by atoms with Gasteiger partial charge in [0.05, 0.1) is 0 Å². The number of carbonyl (C=O) groups is 2. The summed E-state index contributed by atoms with van der Waals surface area (Å²) in [6.45, 7) is 4.18. The highest BCUT2D eigenvalue weighted by atomic mass is 16.4. The zero-order valence-corrected chi connectivity index (χ0v) is 8.62. The Hall–Kier alpha value is -0.860. The molecular weight excluding hydrogens is 180 g/mol. The molecule has 3 aliphatic carbocycles. The molecule has 2 bridgehead atoms. The van der Waals surface area contributed by atoms with E-state index in [1.54, 1.807) is 0 Å². The number of Topliss-reactive ketones (excluding diaryl/α,β-unsaturated/α-hetero) is 1. The normalized spacial score (nSPS) is 39.9. The van der Waals surface area contributed by atoms with Crippen LogP contribution < -0.4 is 0 Å². The first-order valence-electron chi connectivity index (χ1n) is 5.20. The van der Waals surface area contributed by atoms with E-state index in [4.69, 9.17) is 5.11 Å². The van der Waals surface area contributed by atoms with Crippen molar-refractivity contribution < 1.29 is 14.7 Å². The van der Waals surface area contributed by atoms with Crippen molar-refractivity contribution in [2.75, 3.05) is 0 Å². The van der Waals surface area contributed by atoms with Gasteiger partial charge in [0.1, 0.15) is 11.7 Å². The molecule has 3 rings (SSSR count). The lowest BCUT2D eigenvalue weighted by Gasteiger charge is -2.50. The van der Waals surface area contributed by atoms with Gasteiger partial charge in [-0.25, -0.2) is 0 Å². The second-order valence-corrected chi connectivity index (χ2v) is 5.29. The number of hydrogen-bond donors (Lipinski definition) is 1. The molecule has 14 heavy (non-hydrogen) atoms. The minimum Gasteiger partial charge on any atom is -0.481 e. The fourth-order valence-electron chi connectivity index (χ4n) is 3.27. The van der Waals surface area contributed by atoms with Gasteiger partial charge in [0.15, 0.2) is 0 Å². The van der Waals surface area contributed by atoms with Crippen LogP contribution in [0.4, 0.5) is 0 Å². The summed E-state index contributed by atoms with van der Waals surface area (Å²) in [5, 5.41) is 9.04. The van der Waals surface area contributed by atoms with Crippen molar-refractivity contribution in [2.45, 2.75) is 33.1 Å². The molecule has 3 aliphatic rings. The van der Waals surface area contributed by atoms with E-state index in [0.29, 0.717) is 0 Å². The van der Waals surface area contributed by atoms with Crippen molar-refractivity contribution in [3.63, 3.8) is 0 Å². The third-order valence-corrected chi connectivity index (χ3v) is 3.98. The van der Waals surface area contributed by atoms with Crippen LogP contribution in [0.3, 0.4) is 0 Å². The second kappa shape index (κ2) is 2.81. The average Bonchev–Trinajstić information content (AvgIpc) is 2.05. The van der Waals surface area contributed by atoms with Crippen LogP contribution >= 0.6 is 0 Å². The van der Waals surface area contributed by atoms with E-state index in [0.717, 1.165) is 19.3 Å². The molecule has 0 amide bonds. The van der Waals surface area contributed by atoms with Crippen LogP contribution in [0.2, 0.25) is 0 Å². The fraction of sp³-hybridized carbons (Fsp3) is 0.818. The third kappa shape index (κ3) is 1.18. The molecule has 0 radical (unpaired) electrons. The predicted octanol–water partition coefficient (Wildman–Crippen LogP) is 1.71. The molecule has 0 heterocycles. The van der Waals surface area contributed by atoms with E-state index in [9.17, 15) is 9.59 Å². The number of aliphatic carboxylic acids is 1. The maximum Gasteiger partial charge on any atom is 0.314 e. The van der Waals surface area contributed by atoms with Crippen molar-refractivity contribution in [1.29, 1.82) is 0 Å². The Bertz CT molecular complexity index is 293. The molecule has 0 aromatic carbocycles. The highest BCUT2D eigenvalue weighted by molar-refractivity contribution is 6.01. The molecule has 3 saturated carbocycles. The first-order valence-corrected chi connectivity index (χ1v) is 5.20. The van der Waals surface area contributed by atoms with E-state index in [1.807, 2.05) is 0 Å². The summed E-state index contributed by atoms with van der Waals surface area (Å²) in [6, 6.07) is 0. The highest BCUT2D eigenvalue weighted by Gasteiger charge is 2.54. The zero-order chi connectivity index (χ0) is 10.5. The summed E-state index contributed by atoms with van der Waals surface area (Å²) in [5.41, 5.74) is 0.0277. The zero-order valence-electron chi connectivity index (χ0n) is 8.62. The lowest BCUT2D eigenvalue weighted by Crippen LogP contribution is -2.52. The SMILES string of the molecule is CC1(C)CC2CCC1C(C(=O)O)C2=O. The van der Waals surface area contributed by atoms with Gasteiger partial charge in [-0.3, -0.25) is 9.59 Å². The Morgan fingerprint density at radius 1 is 1.43 bits per heavy atom. The monoisotopic (exact) mass is 196 g/mol. The molecule has 0 spiro atoms. The molecule has 78 valence electrons. The lowest BCUT2D eigenvalue weighted by atomic mass is 9.53. The number of hydrogen-bond acceptors (Lipinski definition) is 2. The van der Waals surface area contributed by atoms with E-state index in [1.165, 1.54) is 0 Å². The Morgan fingerprint density at radius 3 is 2.50 bits per heavy atom. The molecule has 3 unspecified atom stereocenters. The molecule has 0 aromatic heterocycles. The molecule has 3 fully saturated rings. The van der Waals surface area contributed by atoms with Gasteiger partial charge in [-0.05, 0) is 30.6 Å². The minimum absolute atomic E-state index is 0.0103. The van der Waals surface area contributed by atoms with Crippen molar-refractivity contribution in [2.24, 2.45) is 23.2 Å². The minimum atomic E-state index is -0.919. The van der Waals surface area contributed by atoms with Gasteiger partial charge in [-0.15, -0.1) is 0 Å². The van der Waals surface area contributed by atoms with Crippen LogP contribution in [0.1, 0.15) is 33.1 Å². The van der Waals surface area contributed by atoms with Gasteiger partial charge < -0.3 is 5.11 Å². The average molecular weight is 196 g/mol. The molecule has 1 N–H and O–H groups in total. The number of rotatable bonds is 1.